The Labute approximate surface area is 135 Å². The average molecular weight is 315 g/mol. The van der Waals surface area contributed by atoms with Crippen LogP contribution in [0.5, 0.6) is 0 Å². The van der Waals surface area contributed by atoms with Gasteiger partial charge in [0.25, 0.3) is 5.69 Å². The number of hydrogen-bond donors (Lipinski definition) is 1. The van der Waals surface area contributed by atoms with Crippen molar-refractivity contribution in [2.75, 3.05) is 19.6 Å². The van der Waals surface area contributed by atoms with E-state index in [1.54, 1.807) is 16.8 Å². The highest BCUT2D eigenvalue weighted by Gasteiger charge is 2.19. The lowest BCUT2D eigenvalue weighted by molar-refractivity contribution is -0.384. The van der Waals surface area contributed by atoms with Gasteiger partial charge >= 0.3 is 0 Å². The molecule has 1 aliphatic heterocycles. The Kier molecular flexibility index (Phi) is 4.40. The van der Waals surface area contributed by atoms with E-state index in [1.807, 2.05) is 13.2 Å². The predicted octanol–water partition coefficient (Wildman–Crippen LogP) is 1.79. The SMILES string of the molecule is C[C@@H]1CN(Cc2cn(C)nc2-c2ccc([N+](=O)[O-])cc2)CCN1. The molecule has 0 bridgehead atoms. The third-order valence-electron chi connectivity index (χ3n) is 4.10. The average Bonchev–Trinajstić information content (AvgIpc) is 2.88. The molecule has 1 fully saturated rings. The highest BCUT2D eigenvalue weighted by molar-refractivity contribution is 5.64. The monoisotopic (exact) mass is 315 g/mol. The molecule has 2 aromatic rings. The van der Waals surface area contributed by atoms with Crippen molar-refractivity contribution in [1.82, 2.24) is 20.0 Å². The third-order valence-corrected chi connectivity index (χ3v) is 4.10. The Hall–Kier alpha value is -2.25. The molecule has 0 radical (unpaired) electrons. The van der Waals surface area contributed by atoms with Crippen molar-refractivity contribution >= 4 is 5.69 Å². The summed E-state index contributed by atoms with van der Waals surface area (Å²) in [6.07, 6.45) is 2.03. The van der Waals surface area contributed by atoms with Gasteiger partial charge in [-0.2, -0.15) is 5.10 Å². The van der Waals surface area contributed by atoms with E-state index in [-0.39, 0.29) is 10.6 Å². The number of nitro groups is 1. The minimum Gasteiger partial charge on any atom is -0.312 e. The molecule has 23 heavy (non-hydrogen) atoms. The zero-order chi connectivity index (χ0) is 16.4. The van der Waals surface area contributed by atoms with Crippen molar-refractivity contribution in [2.45, 2.75) is 19.5 Å². The summed E-state index contributed by atoms with van der Waals surface area (Å²) in [5.74, 6) is 0. The molecular weight excluding hydrogens is 294 g/mol. The molecule has 1 atom stereocenters. The van der Waals surface area contributed by atoms with Crippen LogP contribution < -0.4 is 5.32 Å². The molecule has 1 aromatic heterocycles. The fraction of sp³-hybridized carbons (Fsp3) is 0.438. The number of benzene rings is 1. The van der Waals surface area contributed by atoms with Crippen molar-refractivity contribution in [2.24, 2.45) is 7.05 Å². The normalized spacial score (nSPS) is 19.0. The first-order valence-corrected chi connectivity index (χ1v) is 7.76. The minimum atomic E-state index is -0.384. The molecule has 1 N–H and O–H groups in total. The first kappa shape index (κ1) is 15.6. The fourth-order valence-electron chi connectivity index (χ4n) is 3.03. The van der Waals surface area contributed by atoms with E-state index in [1.165, 1.54) is 12.1 Å². The van der Waals surface area contributed by atoms with Gasteiger partial charge < -0.3 is 5.32 Å². The predicted molar refractivity (Wildman–Crippen MR) is 88.0 cm³/mol. The van der Waals surface area contributed by atoms with Crippen LogP contribution in [0.2, 0.25) is 0 Å². The van der Waals surface area contributed by atoms with Crippen LogP contribution in [0.3, 0.4) is 0 Å². The first-order valence-electron chi connectivity index (χ1n) is 7.76. The Bertz CT molecular complexity index is 695. The van der Waals surface area contributed by atoms with Crippen LogP contribution in [0, 0.1) is 10.1 Å². The molecule has 0 saturated carbocycles. The van der Waals surface area contributed by atoms with Gasteiger partial charge in [0, 0.05) is 68.7 Å². The second kappa shape index (κ2) is 6.47. The molecule has 0 spiro atoms. The summed E-state index contributed by atoms with van der Waals surface area (Å²) in [4.78, 5) is 12.8. The maximum Gasteiger partial charge on any atom is 0.269 e. The summed E-state index contributed by atoms with van der Waals surface area (Å²) in [6, 6.07) is 7.08. The van der Waals surface area contributed by atoms with E-state index in [0.717, 1.165) is 43.0 Å². The van der Waals surface area contributed by atoms with E-state index in [2.05, 4.69) is 22.2 Å². The number of aromatic nitrogens is 2. The minimum absolute atomic E-state index is 0.0992. The number of piperazine rings is 1. The van der Waals surface area contributed by atoms with E-state index < -0.39 is 0 Å². The summed E-state index contributed by atoms with van der Waals surface area (Å²) in [6.45, 7) is 6.04. The largest absolute Gasteiger partial charge is 0.312 e. The quantitative estimate of drug-likeness (QED) is 0.687. The lowest BCUT2D eigenvalue weighted by Crippen LogP contribution is -2.48. The molecular formula is C16H21N5O2. The van der Waals surface area contributed by atoms with Crippen LogP contribution >= 0.6 is 0 Å². The first-order chi connectivity index (χ1) is 11.0. The lowest BCUT2D eigenvalue weighted by atomic mass is 10.1. The highest BCUT2D eigenvalue weighted by Crippen LogP contribution is 2.25. The summed E-state index contributed by atoms with van der Waals surface area (Å²) >= 11 is 0. The van der Waals surface area contributed by atoms with Crippen LogP contribution in [-0.4, -0.2) is 45.3 Å². The molecule has 2 heterocycles. The second-order valence-electron chi connectivity index (χ2n) is 6.07. The smallest absolute Gasteiger partial charge is 0.269 e. The zero-order valence-corrected chi connectivity index (χ0v) is 13.4. The van der Waals surface area contributed by atoms with Crippen molar-refractivity contribution in [3.8, 4) is 11.3 Å². The number of nitro benzene ring substituents is 1. The van der Waals surface area contributed by atoms with Crippen LogP contribution in [0.25, 0.3) is 11.3 Å². The number of nitrogens with zero attached hydrogens (tertiary/aromatic N) is 4. The molecule has 0 unspecified atom stereocenters. The summed E-state index contributed by atoms with van der Waals surface area (Å²) in [5.41, 5.74) is 3.06. The van der Waals surface area contributed by atoms with Crippen LogP contribution in [0.1, 0.15) is 12.5 Å². The van der Waals surface area contributed by atoms with Gasteiger partial charge in [-0.25, -0.2) is 0 Å². The Morgan fingerprint density at radius 1 is 1.39 bits per heavy atom. The highest BCUT2D eigenvalue weighted by atomic mass is 16.6. The van der Waals surface area contributed by atoms with Gasteiger partial charge in [0.2, 0.25) is 0 Å². The molecule has 1 aromatic carbocycles. The van der Waals surface area contributed by atoms with Gasteiger partial charge in [0.15, 0.2) is 0 Å². The molecule has 7 nitrogen and oxygen atoms in total. The molecule has 1 aliphatic rings. The van der Waals surface area contributed by atoms with Gasteiger partial charge in [-0.1, -0.05) is 0 Å². The molecule has 7 heteroatoms. The van der Waals surface area contributed by atoms with Crippen LogP contribution in [0.4, 0.5) is 5.69 Å². The molecule has 3 rings (SSSR count). The van der Waals surface area contributed by atoms with Gasteiger partial charge in [0.05, 0.1) is 10.6 Å². The molecule has 0 amide bonds. The second-order valence-corrected chi connectivity index (χ2v) is 6.07. The maximum atomic E-state index is 10.8. The van der Waals surface area contributed by atoms with Gasteiger partial charge in [0.1, 0.15) is 0 Å². The van der Waals surface area contributed by atoms with E-state index in [9.17, 15) is 10.1 Å². The number of hydrogen-bond acceptors (Lipinski definition) is 5. The van der Waals surface area contributed by atoms with E-state index >= 15 is 0 Å². The summed E-state index contributed by atoms with van der Waals surface area (Å²) in [7, 11) is 1.90. The fourth-order valence-corrected chi connectivity index (χ4v) is 3.03. The Balaban J connectivity index is 1.83. The van der Waals surface area contributed by atoms with Crippen molar-refractivity contribution < 1.29 is 4.92 Å². The van der Waals surface area contributed by atoms with Gasteiger partial charge in [-0.05, 0) is 19.1 Å². The van der Waals surface area contributed by atoms with Crippen molar-refractivity contribution in [3.05, 3.63) is 46.1 Å². The molecule has 122 valence electrons. The Morgan fingerprint density at radius 3 is 2.78 bits per heavy atom. The summed E-state index contributed by atoms with van der Waals surface area (Å²) < 4.78 is 1.80. The van der Waals surface area contributed by atoms with Gasteiger partial charge in [-0.15, -0.1) is 0 Å². The van der Waals surface area contributed by atoms with Gasteiger partial charge in [-0.3, -0.25) is 19.7 Å². The van der Waals surface area contributed by atoms with E-state index in [0.29, 0.717) is 6.04 Å². The third kappa shape index (κ3) is 3.57. The number of non-ortho nitro benzene ring substituents is 1. The zero-order valence-electron chi connectivity index (χ0n) is 13.4. The molecule has 0 aliphatic carbocycles. The Morgan fingerprint density at radius 2 is 2.13 bits per heavy atom. The lowest BCUT2D eigenvalue weighted by Gasteiger charge is -2.31. The maximum absolute atomic E-state index is 10.8. The number of rotatable bonds is 4. The molecule has 1 saturated heterocycles. The standard InChI is InChI=1S/C16H21N5O2/c1-12-9-20(8-7-17-12)11-14-10-19(2)18-16(14)13-3-5-15(6-4-13)21(22)23/h3-6,10,12,17H,7-9,11H2,1-2H3/t12-/m1/s1. The van der Waals surface area contributed by atoms with Crippen LogP contribution in [0.15, 0.2) is 30.5 Å². The van der Waals surface area contributed by atoms with E-state index in [4.69, 9.17) is 0 Å². The van der Waals surface area contributed by atoms with Crippen LogP contribution in [-0.2, 0) is 13.6 Å². The number of nitrogens with one attached hydrogen (secondary N) is 1. The van der Waals surface area contributed by atoms with Crippen molar-refractivity contribution in [3.63, 3.8) is 0 Å². The summed E-state index contributed by atoms with van der Waals surface area (Å²) in [5, 5.41) is 18.8. The topological polar surface area (TPSA) is 76.2 Å². The van der Waals surface area contributed by atoms with Crippen molar-refractivity contribution in [1.29, 1.82) is 0 Å². The number of aryl methyl sites for hydroxylation is 1.